The molecule has 0 spiro atoms. The molecule has 0 bridgehead atoms. The Morgan fingerprint density at radius 1 is 1.27 bits per heavy atom. The fourth-order valence-corrected chi connectivity index (χ4v) is 3.52. The topological polar surface area (TPSA) is 62.3 Å². The summed E-state index contributed by atoms with van der Waals surface area (Å²) in [5.74, 6) is -0.0844. The number of anilines is 1. The van der Waals surface area contributed by atoms with Gasteiger partial charge in [0.05, 0.1) is 12.2 Å². The van der Waals surface area contributed by atoms with Crippen molar-refractivity contribution in [1.29, 1.82) is 0 Å². The van der Waals surface area contributed by atoms with Crippen molar-refractivity contribution in [3.63, 3.8) is 0 Å². The maximum absolute atomic E-state index is 12.5. The van der Waals surface area contributed by atoms with Crippen molar-refractivity contribution in [2.45, 2.75) is 26.8 Å². The summed E-state index contributed by atoms with van der Waals surface area (Å²) in [6.45, 7) is 4.68. The Morgan fingerprint density at radius 3 is 2.68 bits per heavy atom. The van der Waals surface area contributed by atoms with Gasteiger partial charge in [0.25, 0.3) is 5.91 Å². The molecule has 1 N–H and O–H groups in total. The zero-order valence-electron chi connectivity index (χ0n) is 12.5. The molecule has 0 radical (unpaired) electrons. The molecule has 0 saturated heterocycles. The van der Waals surface area contributed by atoms with Crippen LogP contribution in [0.1, 0.15) is 33.4 Å². The fourth-order valence-electron chi connectivity index (χ4n) is 2.45. The van der Waals surface area contributed by atoms with Gasteiger partial charge < -0.3 is 10.2 Å². The quantitative estimate of drug-likeness (QED) is 0.926. The van der Waals surface area contributed by atoms with Crippen LogP contribution >= 0.6 is 11.3 Å². The highest BCUT2D eigenvalue weighted by Crippen LogP contribution is 2.29. The van der Waals surface area contributed by atoms with Gasteiger partial charge in [-0.3, -0.25) is 9.59 Å². The highest BCUT2D eigenvalue weighted by molar-refractivity contribution is 7.15. The van der Waals surface area contributed by atoms with E-state index in [0.29, 0.717) is 23.8 Å². The lowest BCUT2D eigenvalue weighted by atomic mass is 10.1. The third-order valence-corrected chi connectivity index (χ3v) is 4.60. The van der Waals surface area contributed by atoms with Crippen LogP contribution < -0.4 is 5.32 Å². The van der Waals surface area contributed by atoms with E-state index >= 15 is 0 Å². The summed E-state index contributed by atoms with van der Waals surface area (Å²) in [6, 6.07) is 7.62. The second-order valence-corrected chi connectivity index (χ2v) is 6.50. The van der Waals surface area contributed by atoms with Crippen LogP contribution in [-0.2, 0) is 17.8 Å². The van der Waals surface area contributed by atoms with Crippen LogP contribution in [0.3, 0.4) is 0 Å². The molecule has 2 heterocycles. The van der Waals surface area contributed by atoms with Crippen LogP contribution in [-0.4, -0.2) is 28.2 Å². The van der Waals surface area contributed by atoms with E-state index in [1.54, 1.807) is 0 Å². The minimum absolute atomic E-state index is 0.0418. The van der Waals surface area contributed by atoms with Crippen LogP contribution in [0.15, 0.2) is 24.3 Å². The molecule has 5 nitrogen and oxygen atoms in total. The molecular formula is C16H17N3O2S. The van der Waals surface area contributed by atoms with E-state index in [0.717, 1.165) is 22.6 Å². The number of fused-ring (bicyclic) bond motifs is 1. The smallest absolute Gasteiger partial charge is 0.254 e. The molecular weight excluding hydrogens is 298 g/mol. The second kappa shape index (κ2) is 5.88. The highest BCUT2D eigenvalue weighted by atomic mass is 32.1. The number of benzene rings is 1. The number of hydrogen-bond acceptors (Lipinski definition) is 4. The fraction of sp³-hybridized carbons (Fsp3) is 0.312. The first-order chi connectivity index (χ1) is 10.5. The number of nitrogens with one attached hydrogen (secondary N) is 1. The number of carbonyl (C=O) groups is 2. The minimum Gasteiger partial charge on any atom is -0.333 e. The zero-order valence-corrected chi connectivity index (χ0v) is 13.4. The molecule has 2 amide bonds. The van der Waals surface area contributed by atoms with Crippen LogP contribution in [0.4, 0.5) is 5.13 Å². The van der Waals surface area contributed by atoms with Crippen molar-refractivity contribution in [2.75, 3.05) is 11.9 Å². The average Bonchev–Trinajstić information content (AvgIpc) is 2.87. The van der Waals surface area contributed by atoms with Crippen LogP contribution in [0, 0.1) is 6.92 Å². The van der Waals surface area contributed by atoms with Gasteiger partial charge in [-0.25, -0.2) is 4.98 Å². The van der Waals surface area contributed by atoms with Crippen LogP contribution in [0.2, 0.25) is 0 Å². The van der Waals surface area contributed by atoms with Gasteiger partial charge in [0, 0.05) is 30.3 Å². The second-order valence-electron chi connectivity index (χ2n) is 5.41. The third-order valence-electron chi connectivity index (χ3n) is 3.60. The Hall–Kier alpha value is -2.21. The number of thiazole rings is 1. The Kier molecular flexibility index (Phi) is 3.94. The summed E-state index contributed by atoms with van der Waals surface area (Å²) in [6.07, 6.45) is 0.725. The summed E-state index contributed by atoms with van der Waals surface area (Å²) in [4.78, 5) is 31.0. The molecule has 22 heavy (non-hydrogen) atoms. The van der Waals surface area contributed by atoms with Gasteiger partial charge in [0.15, 0.2) is 5.13 Å². The van der Waals surface area contributed by atoms with Crippen molar-refractivity contribution in [3.8, 4) is 0 Å². The van der Waals surface area contributed by atoms with Crippen molar-refractivity contribution in [1.82, 2.24) is 9.88 Å². The molecule has 0 saturated carbocycles. The molecule has 1 aromatic carbocycles. The highest BCUT2D eigenvalue weighted by Gasteiger charge is 2.25. The number of nitrogens with zero attached hydrogens (tertiary/aromatic N) is 2. The van der Waals surface area contributed by atoms with Crippen molar-refractivity contribution in [3.05, 3.63) is 46.0 Å². The standard InChI is InChI=1S/C16H17N3O2S/c1-10-3-5-12(6-4-10)15(21)19-8-7-13-14(9-19)22-16(18-13)17-11(2)20/h3-6H,7-9H2,1-2H3,(H,17,18,20). The van der Waals surface area contributed by atoms with Crippen molar-refractivity contribution in [2.24, 2.45) is 0 Å². The largest absolute Gasteiger partial charge is 0.333 e. The molecule has 6 heteroatoms. The number of hydrogen-bond donors (Lipinski definition) is 1. The number of amides is 2. The molecule has 1 aliphatic heterocycles. The predicted octanol–water partition coefficient (Wildman–Crippen LogP) is 2.61. The van der Waals surface area contributed by atoms with E-state index in [1.807, 2.05) is 36.1 Å². The molecule has 3 rings (SSSR count). The summed E-state index contributed by atoms with van der Waals surface area (Å²) in [7, 11) is 0. The maximum Gasteiger partial charge on any atom is 0.254 e. The first kappa shape index (κ1) is 14.7. The van der Waals surface area contributed by atoms with Gasteiger partial charge in [-0.15, -0.1) is 0 Å². The monoisotopic (exact) mass is 315 g/mol. The van der Waals surface area contributed by atoms with Gasteiger partial charge >= 0.3 is 0 Å². The summed E-state index contributed by atoms with van der Waals surface area (Å²) >= 11 is 1.45. The number of carbonyl (C=O) groups excluding carboxylic acids is 2. The Morgan fingerprint density at radius 2 is 2.00 bits per heavy atom. The minimum atomic E-state index is -0.126. The van der Waals surface area contributed by atoms with Crippen LogP contribution in [0.5, 0.6) is 0 Å². The summed E-state index contributed by atoms with van der Waals surface area (Å²) in [5.41, 5.74) is 2.84. The average molecular weight is 315 g/mol. The predicted molar refractivity (Wildman–Crippen MR) is 86.0 cm³/mol. The molecule has 2 aromatic rings. The van der Waals surface area contributed by atoms with Crippen LogP contribution in [0.25, 0.3) is 0 Å². The normalized spacial score (nSPS) is 13.6. The third kappa shape index (κ3) is 3.01. The van der Waals surface area contributed by atoms with E-state index in [9.17, 15) is 9.59 Å². The maximum atomic E-state index is 12.5. The number of aromatic nitrogens is 1. The van der Waals surface area contributed by atoms with Gasteiger partial charge in [-0.2, -0.15) is 0 Å². The Labute approximate surface area is 133 Å². The lowest BCUT2D eigenvalue weighted by molar-refractivity contribution is -0.114. The van der Waals surface area contributed by atoms with E-state index in [-0.39, 0.29) is 11.8 Å². The van der Waals surface area contributed by atoms with E-state index in [4.69, 9.17) is 0 Å². The Balaban J connectivity index is 1.76. The van der Waals surface area contributed by atoms with Crippen molar-refractivity contribution >= 4 is 28.3 Å². The Bertz CT molecular complexity index is 721. The number of aryl methyl sites for hydroxylation is 1. The van der Waals surface area contributed by atoms with Crippen molar-refractivity contribution < 1.29 is 9.59 Å². The number of rotatable bonds is 2. The molecule has 0 unspecified atom stereocenters. The molecule has 0 aliphatic carbocycles. The van der Waals surface area contributed by atoms with Gasteiger partial charge in [0.2, 0.25) is 5.91 Å². The van der Waals surface area contributed by atoms with E-state index in [2.05, 4.69) is 10.3 Å². The van der Waals surface area contributed by atoms with E-state index in [1.165, 1.54) is 18.3 Å². The van der Waals surface area contributed by atoms with Gasteiger partial charge in [0.1, 0.15) is 0 Å². The summed E-state index contributed by atoms with van der Waals surface area (Å²) < 4.78 is 0. The van der Waals surface area contributed by atoms with Gasteiger partial charge in [-0.05, 0) is 19.1 Å². The lowest BCUT2D eigenvalue weighted by Crippen LogP contribution is -2.35. The first-order valence-electron chi connectivity index (χ1n) is 7.15. The molecule has 0 fully saturated rings. The van der Waals surface area contributed by atoms with Gasteiger partial charge in [-0.1, -0.05) is 29.0 Å². The molecule has 1 aromatic heterocycles. The molecule has 114 valence electrons. The zero-order chi connectivity index (χ0) is 15.7. The van der Waals surface area contributed by atoms with E-state index < -0.39 is 0 Å². The summed E-state index contributed by atoms with van der Waals surface area (Å²) in [5, 5.41) is 3.32. The lowest BCUT2D eigenvalue weighted by Gasteiger charge is -2.26. The first-order valence-corrected chi connectivity index (χ1v) is 7.96. The molecule has 0 atom stereocenters. The SMILES string of the molecule is CC(=O)Nc1nc2c(s1)CN(C(=O)c1ccc(C)cc1)CC2. The molecule has 1 aliphatic rings.